The summed E-state index contributed by atoms with van der Waals surface area (Å²) in [4.78, 5) is 0. The van der Waals surface area contributed by atoms with E-state index in [0.29, 0.717) is 22.0 Å². The summed E-state index contributed by atoms with van der Waals surface area (Å²) in [5, 5.41) is 4.67. The van der Waals surface area contributed by atoms with Crippen molar-refractivity contribution in [3.63, 3.8) is 0 Å². The maximum absolute atomic E-state index is 6.15. The lowest BCUT2D eigenvalue weighted by Crippen LogP contribution is -2.31. The van der Waals surface area contributed by atoms with Crippen molar-refractivity contribution >= 4 is 23.2 Å². The van der Waals surface area contributed by atoms with E-state index in [0.717, 1.165) is 18.4 Å². The lowest BCUT2D eigenvalue weighted by atomic mass is 9.97. The monoisotopic (exact) mass is 259 g/mol. The molecule has 3 heteroatoms. The molecule has 0 heterocycles. The van der Waals surface area contributed by atoms with Gasteiger partial charge in [0, 0.05) is 6.04 Å². The molecule has 0 saturated carbocycles. The van der Waals surface area contributed by atoms with Crippen molar-refractivity contribution in [1.29, 1.82) is 0 Å². The molecule has 0 radical (unpaired) electrons. The van der Waals surface area contributed by atoms with Gasteiger partial charge in [0.25, 0.3) is 0 Å². The fraction of sp³-hybridized carbons (Fsp3) is 0.538. The zero-order chi connectivity index (χ0) is 12.1. The highest BCUT2D eigenvalue weighted by atomic mass is 35.5. The minimum Gasteiger partial charge on any atom is -0.317 e. The third-order valence-corrected chi connectivity index (χ3v) is 3.79. The molecule has 1 unspecified atom stereocenters. The Hall–Kier alpha value is -0.240. The van der Waals surface area contributed by atoms with Gasteiger partial charge in [-0.15, -0.1) is 0 Å². The zero-order valence-corrected chi connectivity index (χ0v) is 11.6. The van der Waals surface area contributed by atoms with Crippen LogP contribution in [0, 0.1) is 5.92 Å². The number of rotatable bonds is 5. The van der Waals surface area contributed by atoms with E-state index in [1.807, 2.05) is 25.2 Å². The molecular formula is C13H19Cl2N. The van der Waals surface area contributed by atoms with Crippen LogP contribution in [0.5, 0.6) is 0 Å². The molecule has 1 rings (SSSR count). The van der Waals surface area contributed by atoms with Gasteiger partial charge in [-0.2, -0.15) is 0 Å². The standard InChI is InChI=1S/C13H19Cl2N/c1-9(2)12(16-3)8-7-10-5-4-6-11(14)13(10)15/h4-6,9,12,16H,7-8H2,1-3H3. The fourth-order valence-electron chi connectivity index (χ4n) is 1.86. The molecule has 1 nitrogen and oxygen atoms in total. The minimum atomic E-state index is 0.523. The molecule has 16 heavy (non-hydrogen) atoms. The van der Waals surface area contributed by atoms with E-state index in [1.165, 1.54) is 0 Å². The van der Waals surface area contributed by atoms with Crippen LogP contribution in [0.4, 0.5) is 0 Å². The van der Waals surface area contributed by atoms with Gasteiger partial charge in [-0.05, 0) is 37.4 Å². The predicted octanol–water partition coefficient (Wildman–Crippen LogP) is 4.17. The van der Waals surface area contributed by atoms with E-state index < -0.39 is 0 Å². The van der Waals surface area contributed by atoms with Crippen molar-refractivity contribution in [2.24, 2.45) is 5.92 Å². The highest BCUT2D eigenvalue weighted by Gasteiger charge is 2.12. The van der Waals surface area contributed by atoms with Gasteiger partial charge in [0.2, 0.25) is 0 Å². The summed E-state index contributed by atoms with van der Waals surface area (Å²) in [6, 6.07) is 6.34. The maximum atomic E-state index is 6.15. The SMILES string of the molecule is CNC(CCc1cccc(Cl)c1Cl)C(C)C. The Kier molecular flexibility index (Phi) is 5.60. The van der Waals surface area contributed by atoms with E-state index in [9.17, 15) is 0 Å². The smallest absolute Gasteiger partial charge is 0.0624 e. The van der Waals surface area contributed by atoms with Crippen LogP contribution in [0.1, 0.15) is 25.8 Å². The van der Waals surface area contributed by atoms with Gasteiger partial charge in [0.05, 0.1) is 10.0 Å². The summed E-state index contributed by atoms with van der Waals surface area (Å²) >= 11 is 12.1. The van der Waals surface area contributed by atoms with Crippen LogP contribution in [-0.2, 0) is 6.42 Å². The van der Waals surface area contributed by atoms with Crippen LogP contribution in [0.2, 0.25) is 10.0 Å². The van der Waals surface area contributed by atoms with Gasteiger partial charge >= 0.3 is 0 Å². The van der Waals surface area contributed by atoms with E-state index in [1.54, 1.807) is 0 Å². The number of hydrogen-bond donors (Lipinski definition) is 1. The Bertz CT molecular complexity index is 337. The van der Waals surface area contributed by atoms with Crippen LogP contribution in [0.3, 0.4) is 0 Å². The Morgan fingerprint density at radius 3 is 2.50 bits per heavy atom. The Morgan fingerprint density at radius 1 is 1.25 bits per heavy atom. The first-order chi connectivity index (χ1) is 7.56. The van der Waals surface area contributed by atoms with Crippen LogP contribution in [-0.4, -0.2) is 13.1 Å². The van der Waals surface area contributed by atoms with Crippen LogP contribution >= 0.6 is 23.2 Å². The van der Waals surface area contributed by atoms with Gasteiger partial charge < -0.3 is 5.32 Å². The van der Waals surface area contributed by atoms with E-state index in [-0.39, 0.29) is 0 Å². The second-order valence-electron chi connectivity index (χ2n) is 4.39. The second-order valence-corrected chi connectivity index (χ2v) is 5.18. The lowest BCUT2D eigenvalue weighted by molar-refractivity contribution is 0.403. The number of hydrogen-bond acceptors (Lipinski definition) is 1. The third kappa shape index (κ3) is 3.65. The molecule has 0 bridgehead atoms. The average Bonchev–Trinajstić information content (AvgIpc) is 2.24. The molecule has 1 aromatic rings. The fourth-order valence-corrected chi connectivity index (χ4v) is 2.28. The largest absolute Gasteiger partial charge is 0.317 e. The molecular weight excluding hydrogens is 241 g/mol. The third-order valence-electron chi connectivity index (χ3n) is 2.93. The normalized spacial score (nSPS) is 13.1. The molecule has 1 N–H and O–H groups in total. The molecule has 0 spiro atoms. The van der Waals surface area contributed by atoms with Crippen LogP contribution in [0.25, 0.3) is 0 Å². The van der Waals surface area contributed by atoms with Crippen molar-refractivity contribution < 1.29 is 0 Å². The molecule has 0 aromatic heterocycles. The summed E-state index contributed by atoms with van der Waals surface area (Å²) in [7, 11) is 2.00. The molecule has 0 saturated heterocycles. The second kappa shape index (κ2) is 6.48. The van der Waals surface area contributed by atoms with Gasteiger partial charge in [-0.25, -0.2) is 0 Å². The average molecular weight is 260 g/mol. The summed E-state index contributed by atoms with van der Waals surface area (Å²) in [5.74, 6) is 0.628. The van der Waals surface area contributed by atoms with E-state index in [2.05, 4.69) is 19.2 Å². The first-order valence-corrected chi connectivity index (χ1v) is 6.42. The van der Waals surface area contributed by atoms with Gasteiger partial charge in [0.1, 0.15) is 0 Å². The summed E-state index contributed by atoms with van der Waals surface area (Å²) < 4.78 is 0. The molecule has 90 valence electrons. The first kappa shape index (κ1) is 13.8. The summed E-state index contributed by atoms with van der Waals surface area (Å²) in [5.41, 5.74) is 1.13. The van der Waals surface area contributed by atoms with Crippen molar-refractivity contribution in [3.05, 3.63) is 33.8 Å². The van der Waals surface area contributed by atoms with Crippen molar-refractivity contribution in [1.82, 2.24) is 5.32 Å². The summed E-state index contributed by atoms with van der Waals surface area (Å²) in [6.45, 7) is 4.45. The van der Waals surface area contributed by atoms with Gasteiger partial charge in [0.15, 0.2) is 0 Å². The first-order valence-electron chi connectivity index (χ1n) is 5.66. The van der Waals surface area contributed by atoms with Crippen molar-refractivity contribution in [2.75, 3.05) is 7.05 Å². The molecule has 0 aliphatic heterocycles. The quantitative estimate of drug-likeness (QED) is 0.837. The number of nitrogens with one attached hydrogen (secondary N) is 1. The number of halogens is 2. The van der Waals surface area contributed by atoms with Crippen molar-refractivity contribution in [3.8, 4) is 0 Å². The number of aryl methyl sites for hydroxylation is 1. The van der Waals surface area contributed by atoms with Crippen LogP contribution < -0.4 is 5.32 Å². The molecule has 0 amide bonds. The number of benzene rings is 1. The lowest BCUT2D eigenvalue weighted by Gasteiger charge is -2.20. The predicted molar refractivity (Wildman–Crippen MR) is 72.5 cm³/mol. The highest BCUT2D eigenvalue weighted by molar-refractivity contribution is 6.42. The maximum Gasteiger partial charge on any atom is 0.0624 e. The molecule has 0 aliphatic carbocycles. The van der Waals surface area contributed by atoms with Crippen molar-refractivity contribution in [2.45, 2.75) is 32.7 Å². The van der Waals surface area contributed by atoms with E-state index in [4.69, 9.17) is 23.2 Å². The molecule has 0 aliphatic rings. The van der Waals surface area contributed by atoms with E-state index >= 15 is 0 Å². The van der Waals surface area contributed by atoms with Gasteiger partial charge in [-0.1, -0.05) is 49.2 Å². The molecule has 1 aromatic carbocycles. The minimum absolute atomic E-state index is 0.523. The molecule has 0 fully saturated rings. The molecule has 1 atom stereocenters. The topological polar surface area (TPSA) is 12.0 Å². The highest BCUT2D eigenvalue weighted by Crippen LogP contribution is 2.27. The zero-order valence-electron chi connectivity index (χ0n) is 10.1. The van der Waals surface area contributed by atoms with Gasteiger partial charge in [-0.3, -0.25) is 0 Å². The Balaban J connectivity index is 2.64. The Labute approximate surface area is 108 Å². The summed E-state index contributed by atoms with van der Waals surface area (Å²) in [6.07, 6.45) is 2.04. The van der Waals surface area contributed by atoms with Crippen LogP contribution in [0.15, 0.2) is 18.2 Å². The Morgan fingerprint density at radius 2 is 1.94 bits per heavy atom.